The average Bonchev–Trinajstić information content (AvgIpc) is 2.80. The highest BCUT2D eigenvalue weighted by Crippen LogP contribution is 2.35. The molecular weight excluding hydrogens is 466 g/mol. The summed E-state index contributed by atoms with van der Waals surface area (Å²) in [5.74, 6) is -1.98. The number of amides is 2. The number of nitrogens with one attached hydrogen (secondary N) is 1. The van der Waals surface area contributed by atoms with E-state index in [0.29, 0.717) is 50.1 Å². The second-order valence-electron chi connectivity index (χ2n) is 9.25. The second kappa shape index (κ2) is 12.9. The summed E-state index contributed by atoms with van der Waals surface area (Å²) in [6.45, 7) is 1.25. The van der Waals surface area contributed by atoms with Gasteiger partial charge in [-0.05, 0) is 51.9 Å². The van der Waals surface area contributed by atoms with Gasteiger partial charge in [0.25, 0.3) is 5.91 Å². The van der Waals surface area contributed by atoms with Crippen molar-refractivity contribution in [1.82, 2.24) is 15.1 Å². The summed E-state index contributed by atoms with van der Waals surface area (Å²) in [7, 11) is 1.50. The molecule has 1 N–H and O–H groups in total. The third kappa shape index (κ3) is 8.22. The molecule has 2 rings (SSSR count). The van der Waals surface area contributed by atoms with Crippen LogP contribution in [0.15, 0.2) is 16.8 Å². The van der Waals surface area contributed by atoms with Crippen molar-refractivity contribution >= 4 is 17.6 Å². The minimum Gasteiger partial charge on any atom is -0.375 e. The van der Waals surface area contributed by atoms with Crippen molar-refractivity contribution < 1.29 is 27.2 Å². The van der Waals surface area contributed by atoms with Gasteiger partial charge in [-0.25, -0.2) is 0 Å². The van der Waals surface area contributed by atoms with Gasteiger partial charge >= 0.3 is 6.18 Å². The molecule has 35 heavy (non-hydrogen) atoms. The van der Waals surface area contributed by atoms with Crippen LogP contribution in [0.1, 0.15) is 64.7 Å². The van der Waals surface area contributed by atoms with Crippen LogP contribution in [0, 0.1) is 17.2 Å². The van der Waals surface area contributed by atoms with E-state index in [4.69, 9.17) is 0 Å². The van der Waals surface area contributed by atoms with Crippen molar-refractivity contribution in [3.05, 3.63) is 11.8 Å². The molecule has 0 aromatic heterocycles. The molecule has 1 heterocycles. The lowest BCUT2D eigenvalue weighted by molar-refractivity contribution is -0.184. The Balaban J connectivity index is 2.12. The van der Waals surface area contributed by atoms with Gasteiger partial charge in [0.15, 0.2) is 0 Å². The molecule has 2 fully saturated rings. The molecule has 2 aliphatic rings. The second-order valence-corrected chi connectivity index (χ2v) is 9.25. The van der Waals surface area contributed by atoms with Crippen LogP contribution >= 0.6 is 0 Å². The van der Waals surface area contributed by atoms with E-state index < -0.39 is 36.1 Å². The largest absolute Gasteiger partial charge is 0.391 e. The number of halogens is 4. The molecule has 1 aliphatic heterocycles. The zero-order valence-electron chi connectivity index (χ0n) is 20.5. The lowest BCUT2D eigenvalue weighted by Crippen LogP contribution is -2.55. The first-order chi connectivity index (χ1) is 16.5. The third-order valence-corrected chi connectivity index (χ3v) is 6.76. The molecule has 0 radical (unpaired) electrons. The molecule has 196 valence electrons. The Bertz CT molecular complexity index is 838. The van der Waals surface area contributed by atoms with Crippen LogP contribution in [-0.4, -0.2) is 72.5 Å². The standard InChI is InChI=1S/C24H35F4N5O2/c1-18(32-13-8-19(9-14-32)24(26,27)28)15-22(35)33(20(30-2)7-4-3-5-12-25)16-21(34)31-23(17-29)10-6-11-23/h15,19H,3-14,16H2,1-2H3,(H,31,34)/b18-15+,30-20?. The van der Waals surface area contributed by atoms with Crippen molar-refractivity contribution in [1.29, 1.82) is 5.26 Å². The van der Waals surface area contributed by atoms with E-state index in [0.717, 1.165) is 6.42 Å². The summed E-state index contributed by atoms with van der Waals surface area (Å²) in [5, 5.41) is 12.1. The van der Waals surface area contributed by atoms with Crippen LogP contribution in [0.25, 0.3) is 0 Å². The van der Waals surface area contributed by atoms with Gasteiger partial charge in [0.2, 0.25) is 5.91 Å². The smallest absolute Gasteiger partial charge is 0.375 e. The molecule has 0 aromatic rings. The van der Waals surface area contributed by atoms with E-state index in [9.17, 15) is 32.4 Å². The van der Waals surface area contributed by atoms with E-state index in [-0.39, 0.29) is 32.5 Å². The maximum atomic E-state index is 13.2. The van der Waals surface area contributed by atoms with Crippen LogP contribution in [0.5, 0.6) is 0 Å². The van der Waals surface area contributed by atoms with Crippen LogP contribution in [-0.2, 0) is 9.59 Å². The number of allylic oxidation sites excluding steroid dienone is 1. The number of likely N-dealkylation sites (tertiary alicyclic amines) is 1. The van der Waals surface area contributed by atoms with Gasteiger partial charge in [-0.15, -0.1) is 0 Å². The van der Waals surface area contributed by atoms with Gasteiger partial charge < -0.3 is 10.2 Å². The summed E-state index contributed by atoms with van der Waals surface area (Å²) in [6, 6.07) is 2.13. The van der Waals surface area contributed by atoms with E-state index in [1.54, 1.807) is 11.8 Å². The Labute approximate surface area is 204 Å². The van der Waals surface area contributed by atoms with Gasteiger partial charge in [-0.2, -0.15) is 18.4 Å². The van der Waals surface area contributed by atoms with E-state index in [2.05, 4.69) is 16.4 Å². The van der Waals surface area contributed by atoms with E-state index in [1.165, 1.54) is 18.0 Å². The highest BCUT2D eigenvalue weighted by Gasteiger charge is 2.41. The summed E-state index contributed by atoms with van der Waals surface area (Å²) in [4.78, 5) is 33.1. The lowest BCUT2D eigenvalue weighted by atomic mass is 9.78. The number of unbranched alkanes of at least 4 members (excludes halogenated alkanes) is 2. The monoisotopic (exact) mass is 501 g/mol. The molecule has 1 saturated heterocycles. The van der Waals surface area contributed by atoms with Gasteiger partial charge in [0.1, 0.15) is 17.9 Å². The number of rotatable bonds is 10. The molecule has 0 bridgehead atoms. The Morgan fingerprint density at radius 3 is 2.37 bits per heavy atom. The number of hydrogen-bond donors (Lipinski definition) is 1. The number of nitrogens with zero attached hydrogens (tertiary/aromatic N) is 4. The van der Waals surface area contributed by atoms with Crippen LogP contribution in [0.2, 0.25) is 0 Å². The number of amidine groups is 1. The maximum absolute atomic E-state index is 13.2. The summed E-state index contributed by atoms with van der Waals surface area (Å²) < 4.78 is 51.4. The van der Waals surface area contributed by atoms with Crippen LogP contribution < -0.4 is 5.32 Å². The van der Waals surface area contributed by atoms with E-state index >= 15 is 0 Å². The number of carbonyl (C=O) groups excluding carboxylic acids is 2. The van der Waals surface area contributed by atoms with Crippen molar-refractivity contribution in [2.75, 3.05) is 33.4 Å². The number of alkyl halides is 4. The maximum Gasteiger partial charge on any atom is 0.391 e. The van der Waals surface area contributed by atoms with Gasteiger partial charge in [-0.1, -0.05) is 6.42 Å². The lowest BCUT2D eigenvalue weighted by Gasteiger charge is -2.36. The average molecular weight is 502 g/mol. The Kier molecular flexibility index (Phi) is 10.5. The van der Waals surface area contributed by atoms with Crippen molar-refractivity contribution in [2.24, 2.45) is 10.9 Å². The fourth-order valence-corrected chi connectivity index (χ4v) is 4.37. The third-order valence-electron chi connectivity index (χ3n) is 6.76. The SMILES string of the molecule is CN=C(CCCCCF)N(CC(=O)NC1(C#N)CCC1)C(=O)/C=C(\C)N1CCC(C(F)(F)F)CC1. The van der Waals surface area contributed by atoms with Crippen molar-refractivity contribution in [3.8, 4) is 6.07 Å². The van der Waals surface area contributed by atoms with Gasteiger partial charge in [0, 0.05) is 38.3 Å². The zero-order valence-corrected chi connectivity index (χ0v) is 20.5. The normalized spacial score (nSPS) is 19.1. The first-order valence-corrected chi connectivity index (χ1v) is 12.1. The molecule has 7 nitrogen and oxygen atoms in total. The number of hydrogen-bond acceptors (Lipinski definition) is 5. The van der Waals surface area contributed by atoms with Crippen LogP contribution in [0.3, 0.4) is 0 Å². The number of piperidine rings is 1. The first kappa shape index (κ1) is 28.6. The fraction of sp³-hybridized carbons (Fsp3) is 0.750. The minimum absolute atomic E-state index is 0.0402. The predicted molar refractivity (Wildman–Crippen MR) is 124 cm³/mol. The molecular formula is C24H35F4N5O2. The molecule has 0 atom stereocenters. The van der Waals surface area contributed by atoms with Gasteiger partial charge in [-0.3, -0.25) is 23.9 Å². The number of aliphatic imine (C=N–C) groups is 1. The van der Waals surface area contributed by atoms with Crippen molar-refractivity contribution in [3.63, 3.8) is 0 Å². The quantitative estimate of drug-likeness (QED) is 0.160. The molecule has 0 aromatic carbocycles. The van der Waals surface area contributed by atoms with Gasteiger partial charge in [0.05, 0.1) is 18.7 Å². The number of carbonyl (C=O) groups is 2. The highest BCUT2D eigenvalue weighted by molar-refractivity contribution is 6.05. The minimum atomic E-state index is -4.22. The van der Waals surface area contributed by atoms with Crippen molar-refractivity contribution in [2.45, 2.75) is 76.4 Å². The molecule has 0 spiro atoms. The summed E-state index contributed by atoms with van der Waals surface area (Å²) in [6.07, 6.45) is 0.884. The molecule has 2 amide bonds. The highest BCUT2D eigenvalue weighted by atomic mass is 19.4. The molecule has 0 unspecified atom stereocenters. The molecule has 1 saturated carbocycles. The first-order valence-electron chi connectivity index (χ1n) is 12.1. The fourth-order valence-electron chi connectivity index (χ4n) is 4.37. The van der Waals surface area contributed by atoms with Crippen LogP contribution in [0.4, 0.5) is 17.6 Å². The molecule has 11 heteroatoms. The molecule has 1 aliphatic carbocycles. The predicted octanol–water partition coefficient (Wildman–Crippen LogP) is 4.11. The Morgan fingerprint density at radius 2 is 1.89 bits per heavy atom. The topological polar surface area (TPSA) is 88.8 Å². The summed E-state index contributed by atoms with van der Waals surface area (Å²) in [5.41, 5.74) is -0.396. The van der Waals surface area contributed by atoms with E-state index in [1.807, 2.05) is 0 Å². The Hall–Kier alpha value is -2.64. The number of nitriles is 1. The summed E-state index contributed by atoms with van der Waals surface area (Å²) >= 11 is 0. The zero-order chi connectivity index (χ0) is 26.1. The Morgan fingerprint density at radius 1 is 1.23 bits per heavy atom.